The van der Waals surface area contributed by atoms with Gasteiger partial charge < -0.3 is 4.74 Å². The van der Waals surface area contributed by atoms with Crippen molar-refractivity contribution in [3.63, 3.8) is 0 Å². The summed E-state index contributed by atoms with van der Waals surface area (Å²) in [4.78, 5) is 15.8. The summed E-state index contributed by atoms with van der Waals surface area (Å²) < 4.78 is 5.27. The van der Waals surface area contributed by atoms with Crippen LogP contribution in [0.3, 0.4) is 0 Å². The predicted octanol–water partition coefficient (Wildman–Crippen LogP) is 2.40. The van der Waals surface area contributed by atoms with E-state index in [1.807, 2.05) is 32.0 Å². The largest absolute Gasteiger partial charge is 0.379 e. The Bertz CT molecular complexity index is 333. The lowest BCUT2D eigenvalue weighted by atomic mass is 9.99. The summed E-state index contributed by atoms with van der Waals surface area (Å²) in [5.74, 6) is 0.212. The van der Waals surface area contributed by atoms with Gasteiger partial charge in [-0.2, -0.15) is 0 Å². The van der Waals surface area contributed by atoms with Gasteiger partial charge in [0.2, 0.25) is 0 Å². The van der Waals surface area contributed by atoms with E-state index < -0.39 is 0 Å². The van der Waals surface area contributed by atoms with Crippen LogP contribution in [0.25, 0.3) is 0 Å². The van der Waals surface area contributed by atoms with Crippen LogP contribution >= 0.6 is 0 Å². The molecule has 0 aliphatic carbocycles. The number of hydrogen-bond donors (Lipinski definition) is 0. The summed E-state index contributed by atoms with van der Waals surface area (Å²) in [6.45, 7) is 3.97. The minimum Gasteiger partial charge on any atom is -0.379 e. The van der Waals surface area contributed by atoms with Crippen LogP contribution in [-0.2, 0) is 16.0 Å². The highest BCUT2D eigenvalue weighted by atomic mass is 16.5. The first-order chi connectivity index (χ1) is 7.53. The molecule has 3 heteroatoms. The Labute approximate surface area is 96.8 Å². The van der Waals surface area contributed by atoms with Gasteiger partial charge in [0.05, 0.1) is 5.60 Å². The van der Waals surface area contributed by atoms with Crippen molar-refractivity contribution in [1.29, 1.82) is 0 Å². The number of methoxy groups -OCH3 is 1. The monoisotopic (exact) mass is 221 g/mol. The highest BCUT2D eigenvalue weighted by Gasteiger charge is 2.18. The molecular formula is C13H19NO2. The summed E-state index contributed by atoms with van der Waals surface area (Å²) in [7, 11) is 1.67. The van der Waals surface area contributed by atoms with E-state index in [2.05, 4.69) is 4.98 Å². The SMILES string of the molecule is COC(C)(C)CCC(=O)Cc1ccccn1. The van der Waals surface area contributed by atoms with E-state index in [1.165, 1.54) is 0 Å². The molecule has 0 unspecified atom stereocenters. The van der Waals surface area contributed by atoms with Gasteiger partial charge in [0.25, 0.3) is 0 Å². The van der Waals surface area contributed by atoms with Crippen molar-refractivity contribution in [2.75, 3.05) is 7.11 Å². The van der Waals surface area contributed by atoms with Gasteiger partial charge in [0, 0.05) is 31.8 Å². The van der Waals surface area contributed by atoms with E-state index >= 15 is 0 Å². The molecule has 0 aliphatic rings. The Morgan fingerprint density at radius 1 is 1.44 bits per heavy atom. The van der Waals surface area contributed by atoms with E-state index in [-0.39, 0.29) is 11.4 Å². The Kier molecular flexibility index (Phi) is 4.62. The number of aromatic nitrogens is 1. The van der Waals surface area contributed by atoms with Gasteiger partial charge in [0.1, 0.15) is 5.78 Å². The summed E-state index contributed by atoms with van der Waals surface area (Å²) in [6.07, 6.45) is 3.41. The molecular weight excluding hydrogens is 202 g/mol. The fraction of sp³-hybridized carbons (Fsp3) is 0.538. The van der Waals surface area contributed by atoms with Gasteiger partial charge in [-0.15, -0.1) is 0 Å². The molecule has 0 aromatic carbocycles. The Hall–Kier alpha value is -1.22. The molecule has 1 aromatic heterocycles. The number of carbonyl (C=O) groups is 1. The third kappa shape index (κ3) is 4.53. The van der Waals surface area contributed by atoms with Crippen LogP contribution in [0.15, 0.2) is 24.4 Å². The zero-order valence-corrected chi connectivity index (χ0v) is 10.2. The summed E-state index contributed by atoms with van der Waals surface area (Å²) in [6, 6.07) is 5.62. The van der Waals surface area contributed by atoms with Crippen molar-refractivity contribution < 1.29 is 9.53 Å². The minimum atomic E-state index is -0.222. The molecule has 0 fully saturated rings. The number of ketones is 1. The molecule has 0 aliphatic heterocycles. The first-order valence-corrected chi connectivity index (χ1v) is 5.50. The van der Waals surface area contributed by atoms with Crippen LogP contribution in [0.2, 0.25) is 0 Å². The number of hydrogen-bond acceptors (Lipinski definition) is 3. The quantitative estimate of drug-likeness (QED) is 0.740. The maximum atomic E-state index is 11.7. The van der Waals surface area contributed by atoms with E-state index in [9.17, 15) is 4.79 Å². The molecule has 0 spiro atoms. The molecule has 0 amide bonds. The number of carbonyl (C=O) groups excluding carboxylic acids is 1. The zero-order valence-electron chi connectivity index (χ0n) is 10.2. The van der Waals surface area contributed by atoms with Crippen LogP contribution in [0.5, 0.6) is 0 Å². The molecule has 1 rings (SSSR count). The van der Waals surface area contributed by atoms with Gasteiger partial charge in [0.15, 0.2) is 0 Å². The summed E-state index contributed by atoms with van der Waals surface area (Å²) >= 11 is 0. The molecule has 0 N–H and O–H groups in total. The average molecular weight is 221 g/mol. The van der Waals surface area contributed by atoms with Crippen LogP contribution in [-0.4, -0.2) is 23.5 Å². The predicted molar refractivity (Wildman–Crippen MR) is 63.3 cm³/mol. The van der Waals surface area contributed by atoms with E-state index in [4.69, 9.17) is 4.74 Å². The number of Topliss-reactive ketones (excluding diaryl/α,β-unsaturated/α-hetero) is 1. The maximum absolute atomic E-state index is 11.7. The second-order valence-corrected chi connectivity index (χ2v) is 4.50. The van der Waals surface area contributed by atoms with Gasteiger partial charge in [-0.3, -0.25) is 9.78 Å². The lowest BCUT2D eigenvalue weighted by molar-refractivity contribution is -0.119. The first kappa shape index (κ1) is 12.8. The second-order valence-electron chi connectivity index (χ2n) is 4.50. The third-order valence-corrected chi connectivity index (χ3v) is 2.66. The van der Waals surface area contributed by atoms with E-state index in [1.54, 1.807) is 13.3 Å². The standard InChI is InChI=1S/C13H19NO2/c1-13(2,16-3)8-7-12(15)10-11-6-4-5-9-14-11/h4-6,9H,7-8,10H2,1-3H3. The number of nitrogens with zero attached hydrogens (tertiary/aromatic N) is 1. The van der Waals surface area contributed by atoms with Gasteiger partial charge >= 0.3 is 0 Å². The highest BCUT2D eigenvalue weighted by molar-refractivity contribution is 5.80. The normalized spacial score (nSPS) is 11.4. The average Bonchev–Trinajstić information content (AvgIpc) is 2.28. The fourth-order valence-electron chi connectivity index (χ4n) is 1.34. The van der Waals surface area contributed by atoms with Crippen LogP contribution in [0.4, 0.5) is 0 Å². The number of rotatable bonds is 6. The van der Waals surface area contributed by atoms with Gasteiger partial charge in [-0.1, -0.05) is 6.07 Å². The van der Waals surface area contributed by atoms with Crippen LogP contribution < -0.4 is 0 Å². The molecule has 1 aromatic rings. The zero-order chi connectivity index (χ0) is 12.0. The molecule has 0 saturated carbocycles. The summed E-state index contributed by atoms with van der Waals surface area (Å²) in [5.41, 5.74) is 0.613. The molecule has 88 valence electrons. The van der Waals surface area contributed by atoms with Crippen molar-refractivity contribution in [2.24, 2.45) is 0 Å². The molecule has 0 radical (unpaired) electrons. The minimum absolute atomic E-state index is 0.212. The maximum Gasteiger partial charge on any atom is 0.138 e. The lowest BCUT2D eigenvalue weighted by Crippen LogP contribution is -2.23. The molecule has 0 saturated heterocycles. The highest BCUT2D eigenvalue weighted by Crippen LogP contribution is 2.16. The van der Waals surface area contributed by atoms with Crippen molar-refractivity contribution in [3.05, 3.63) is 30.1 Å². The summed E-state index contributed by atoms with van der Waals surface area (Å²) in [5, 5.41) is 0. The van der Waals surface area contributed by atoms with Gasteiger partial charge in [-0.25, -0.2) is 0 Å². The molecule has 0 atom stereocenters. The number of ether oxygens (including phenoxy) is 1. The van der Waals surface area contributed by atoms with Crippen molar-refractivity contribution in [1.82, 2.24) is 4.98 Å². The Morgan fingerprint density at radius 2 is 2.19 bits per heavy atom. The molecule has 3 nitrogen and oxygen atoms in total. The lowest BCUT2D eigenvalue weighted by Gasteiger charge is -2.22. The van der Waals surface area contributed by atoms with E-state index in [0.29, 0.717) is 12.8 Å². The topological polar surface area (TPSA) is 39.2 Å². The smallest absolute Gasteiger partial charge is 0.138 e. The van der Waals surface area contributed by atoms with Gasteiger partial charge in [-0.05, 0) is 32.4 Å². The second kappa shape index (κ2) is 5.75. The van der Waals surface area contributed by atoms with E-state index in [0.717, 1.165) is 12.1 Å². The third-order valence-electron chi connectivity index (χ3n) is 2.66. The first-order valence-electron chi connectivity index (χ1n) is 5.50. The van der Waals surface area contributed by atoms with Crippen LogP contribution in [0, 0.1) is 0 Å². The number of pyridine rings is 1. The van der Waals surface area contributed by atoms with Crippen molar-refractivity contribution >= 4 is 5.78 Å². The molecule has 1 heterocycles. The molecule has 0 bridgehead atoms. The van der Waals surface area contributed by atoms with Crippen molar-refractivity contribution in [3.8, 4) is 0 Å². The van der Waals surface area contributed by atoms with Crippen molar-refractivity contribution in [2.45, 2.75) is 38.7 Å². The Morgan fingerprint density at radius 3 is 2.75 bits per heavy atom. The molecule has 16 heavy (non-hydrogen) atoms. The Balaban J connectivity index is 2.38. The van der Waals surface area contributed by atoms with Crippen LogP contribution in [0.1, 0.15) is 32.4 Å². The fourth-order valence-corrected chi connectivity index (χ4v) is 1.34.